The zero-order valence-corrected chi connectivity index (χ0v) is 18.4. The quantitative estimate of drug-likeness (QED) is 0.485. The van der Waals surface area contributed by atoms with Gasteiger partial charge in [0.1, 0.15) is 15.5 Å². The maximum absolute atomic E-state index is 13.2. The lowest BCUT2D eigenvalue weighted by atomic mass is 10.2. The van der Waals surface area contributed by atoms with E-state index in [9.17, 15) is 14.0 Å². The molecule has 0 saturated carbocycles. The SMILES string of the molecule is Cc1nn(CC(C)C)c2sc(C(=O)OCC(=O)N(CCC#N)c3ccc(F)cc3)cc12. The molecule has 0 saturated heterocycles. The van der Waals surface area contributed by atoms with Crippen LogP contribution in [0.1, 0.15) is 35.6 Å². The number of carbonyl (C=O) groups excluding carboxylic acids is 2. The predicted molar refractivity (Wildman–Crippen MR) is 116 cm³/mol. The standard InChI is InChI=1S/C22H23FN4O3S/c1-14(2)12-27-21-18(15(3)25-27)11-19(31-21)22(29)30-13-20(28)26(10-4-9-24)17-7-5-16(23)6-8-17/h5-8,11,14H,4,10,12-13H2,1-3H3. The smallest absolute Gasteiger partial charge is 0.348 e. The molecule has 0 N–H and O–H groups in total. The zero-order valence-electron chi connectivity index (χ0n) is 17.6. The number of hydrogen-bond acceptors (Lipinski definition) is 6. The van der Waals surface area contributed by atoms with Crippen LogP contribution in [0.3, 0.4) is 0 Å². The third-order valence-corrected chi connectivity index (χ3v) is 5.69. The molecule has 2 heterocycles. The Morgan fingerprint density at radius 2 is 2.03 bits per heavy atom. The Hall–Kier alpha value is -3.25. The number of nitrogens with zero attached hydrogens (tertiary/aromatic N) is 4. The van der Waals surface area contributed by atoms with E-state index in [0.717, 1.165) is 22.5 Å². The molecule has 0 radical (unpaired) electrons. The number of benzene rings is 1. The minimum atomic E-state index is -0.593. The van der Waals surface area contributed by atoms with Crippen LogP contribution in [0.2, 0.25) is 0 Å². The highest BCUT2D eigenvalue weighted by Crippen LogP contribution is 2.29. The van der Waals surface area contributed by atoms with Gasteiger partial charge >= 0.3 is 5.97 Å². The molecule has 1 amide bonds. The summed E-state index contributed by atoms with van der Waals surface area (Å²) in [4.78, 5) is 27.8. The third-order valence-electron chi connectivity index (χ3n) is 4.56. The first kappa shape index (κ1) is 22.4. The molecule has 0 aliphatic carbocycles. The van der Waals surface area contributed by atoms with Crippen molar-refractivity contribution in [2.24, 2.45) is 5.92 Å². The van der Waals surface area contributed by atoms with Gasteiger partial charge in [-0.2, -0.15) is 10.4 Å². The van der Waals surface area contributed by atoms with Crippen molar-refractivity contribution in [3.63, 3.8) is 0 Å². The Balaban J connectivity index is 1.71. The van der Waals surface area contributed by atoms with Crippen LogP contribution in [0, 0.1) is 30.0 Å². The van der Waals surface area contributed by atoms with Crippen molar-refractivity contribution >= 4 is 39.1 Å². The summed E-state index contributed by atoms with van der Waals surface area (Å²) in [6.45, 7) is 6.45. The summed E-state index contributed by atoms with van der Waals surface area (Å²) in [5.74, 6) is -1.11. The molecule has 0 aliphatic heterocycles. The molecule has 9 heteroatoms. The Labute approximate surface area is 183 Å². The third kappa shape index (κ3) is 5.27. The number of carbonyl (C=O) groups is 2. The van der Waals surface area contributed by atoms with E-state index in [0.29, 0.717) is 16.5 Å². The second-order valence-corrected chi connectivity index (χ2v) is 8.53. The lowest BCUT2D eigenvalue weighted by Crippen LogP contribution is -2.35. The predicted octanol–water partition coefficient (Wildman–Crippen LogP) is 4.31. The number of fused-ring (bicyclic) bond motifs is 1. The van der Waals surface area contributed by atoms with Crippen LogP contribution in [0.15, 0.2) is 30.3 Å². The van der Waals surface area contributed by atoms with Crippen LogP contribution < -0.4 is 4.90 Å². The number of thiophene rings is 1. The summed E-state index contributed by atoms with van der Waals surface area (Å²) in [6.07, 6.45) is 0.0962. The first-order valence-corrected chi connectivity index (χ1v) is 10.7. The summed E-state index contributed by atoms with van der Waals surface area (Å²) >= 11 is 1.28. The first-order chi connectivity index (χ1) is 14.8. The number of rotatable bonds is 8. The molecular formula is C22H23FN4O3S. The molecule has 0 aliphatic rings. The van der Waals surface area contributed by atoms with Gasteiger partial charge in [-0.15, -0.1) is 11.3 Å². The van der Waals surface area contributed by atoms with Crippen molar-refractivity contribution in [2.45, 2.75) is 33.7 Å². The van der Waals surface area contributed by atoms with Crippen LogP contribution in [0.4, 0.5) is 10.1 Å². The number of esters is 1. The summed E-state index contributed by atoms with van der Waals surface area (Å²) in [5.41, 5.74) is 1.27. The van der Waals surface area contributed by atoms with E-state index in [-0.39, 0.29) is 13.0 Å². The average molecular weight is 443 g/mol. The van der Waals surface area contributed by atoms with Crippen LogP contribution in [0.5, 0.6) is 0 Å². The molecule has 162 valence electrons. The monoisotopic (exact) mass is 442 g/mol. The summed E-state index contributed by atoms with van der Waals surface area (Å²) in [6, 6.07) is 9.07. The Bertz CT molecular complexity index is 1130. The minimum absolute atomic E-state index is 0.0962. The normalized spacial score (nSPS) is 11.0. The molecule has 7 nitrogen and oxygen atoms in total. The molecule has 2 aromatic heterocycles. The van der Waals surface area contributed by atoms with Crippen molar-refractivity contribution in [2.75, 3.05) is 18.1 Å². The molecule has 0 spiro atoms. The zero-order chi connectivity index (χ0) is 22.5. The van der Waals surface area contributed by atoms with Crippen molar-refractivity contribution in [3.05, 3.63) is 46.7 Å². The highest BCUT2D eigenvalue weighted by molar-refractivity contribution is 7.20. The van der Waals surface area contributed by atoms with Crippen molar-refractivity contribution in [3.8, 4) is 6.07 Å². The van der Waals surface area contributed by atoms with E-state index in [4.69, 9.17) is 10.00 Å². The Kier molecular flexibility index (Phi) is 7.02. The molecule has 1 aromatic carbocycles. The molecule has 3 aromatic rings. The van der Waals surface area contributed by atoms with E-state index >= 15 is 0 Å². The second-order valence-electron chi connectivity index (χ2n) is 7.50. The van der Waals surface area contributed by atoms with Gasteiger partial charge in [0.25, 0.3) is 5.91 Å². The van der Waals surface area contributed by atoms with Crippen molar-refractivity contribution in [1.29, 1.82) is 5.26 Å². The number of nitriles is 1. The fourth-order valence-electron chi connectivity index (χ4n) is 3.14. The number of hydrogen-bond donors (Lipinski definition) is 0. The Morgan fingerprint density at radius 1 is 1.32 bits per heavy atom. The van der Waals surface area contributed by atoms with E-state index in [1.165, 1.54) is 40.5 Å². The van der Waals surface area contributed by atoms with Crippen LogP contribution in [0.25, 0.3) is 10.2 Å². The van der Waals surface area contributed by atoms with E-state index in [1.807, 2.05) is 17.7 Å². The maximum Gasteiger partial charge on any atom is 0.348 e. The van der Waals surface area contributed by atoms with Crippen molar-refractivity contribution < 1.29 is 18.7 Å². The fourth-order valence-corrected chi connectivity index (χ4v) is 4.20. The molecule has 0 bridgehead atoms. The highest BCUT2D eigenvalue weighted by Gasteiger charge is 2.21. The van der Waals surface area contributed by atoms with Crippen LogP contribution >= 0.6 is 11.3 Å². The van der Waals surface area contributed by atoms with Gasteiger partial charge in [-0.25, -0.2) is 9.18 Å². The summed E-state index contributed by atoms with van der Waals surface area (Å²) in [7, 11) is 0. The van der Waals surface area contributed by atoms with Gasteiger partial charge in [-0.1, -0.05) is 13.8 Å². The van der Waals surface area contributed by atoms with Gasteiger partial charge < -0.3 is 9.64 Å². The van der Waals surface area contributed by atoms with Gasteiger partial charge in [-0.05, 0) is 43.2 Å². The van der Waals surface area contributed by atoms with Gasteiger partial charge in [-0.3, -0.25) is 9.48 Å². The second kappa shape index (κ2) is 9.71. The van der Waals surface area contributed by atoms with E-state index in [2.05, 4.69) is 18.9 Å². The average Bonchev–Trinajstić information content (AvgIpc) is 3.29. The van der Waals surface area contributed by atoms with Gasteiger partial charge in [0, 0.05) is 24.2 Å². The Morgan fingerprint density at radius 3 is 2.68 bits per heavy atom. The molecule has 0 unspecified atom stereocenters. The number of ether oxygens (including phenoxy) is 1. The highest BCUT2D eigenvalue weighted by atomic mass is 32.1. The summed E-state index contributed by atoms with van der Waals surface area (Å²) < 4.78 is 20.3. The lowest BCUT2D eigenvalue weighted by molar-refractivity contribution is -0.121. The number of aromatic nitrogens is 2. The molecule has 31 heavy (non-hydrogen) atoms. The first-order valence-electron chi connectivity index (χ1n) is 9.87. The fraction of sp³-hybridized carbons (Fsp3) is 0.364. The van der Waals surface area contributed by atoms with Gasteiger partial charge in [0.2, 0.25) is 0 Å². The van der Waals surface area contributed by atoms with E-state index in [1.54, 1.807) is 6.07 Å². The lowest BCUT2D eigenvalue weighted by Gasteiger charge is -2.21. The number of aryl methyl sites for hydroxylation is 1. The number of amides is 1. The largest absolute Gasteiger partial charge is 0.451 e. The number of anilines is 1. The van der Waals surface area contributed by atoms with Crippen LogP contribution in [-0.2, 0) is 16.1 Å². The van der Waals surface area contributed by atoms with E-state index < -0.39 is 24.3 Å². The molecule has 0 fully saturated rings. The number of halogens is 1. The maximum atomic E-state index is 13.2. The minimum Gasteiger partial charge on any atom is -0.451 e. The summed E-state index contributed by atoms with van der Waals surface area (Å²) in [5, 5.41) is 14.3. The van der Waals surface area contributed by atoms with Gasteiger partial charge in [0.05, 0.1) is 18.2 Å². The molecular weight excluding hydrogens is 419 g/mol. The van der Waals surface area contributed by atoms with Crippen LogP contribution in [-0.4, -0.2) is 34.8 Å². The topological polar surface area (TPSA) is 88.2 Å². The molecule has 3 rings (SSSR count). The van der Waals surface area contributed by atoms with Crippen molar-refractivity contribution in [1.82, 2.24) is 9.78 Å². The molecule has 0 atom stereocenters. The van der Waals surface area contributed by atoms with Gasteiger partial charge in [0.15, 0.2) is 6.61 Å².